The molecule has 5 nitrogen and oxygen atoms in total. The molecule has 0 radical (unpaired) electrons. The van der Waals surface area contributed by atoms with Crippen LogP contribution in [0.1, 0.15) is 36.5 Å². The molecule has 2 aromatic carbocycles. The number of carbonyl (C=O) groups excluding carboxylic acids is 2. The lowest BCUT2D eigenvalue weighted by Gasteiger charge is -2.27. The Hall–Kier alpha value is -2.82. The predicted octanol–water partition coefficient (Wildman–Crippen LogP) is 3.94. The second-order valence-corrected chi connectivity index (χ2v) is 7.15. The highest BCUT2D eigenvalue weighted by atomic mass is 16.6. The Balaban J connectivity index is 1.39. The van der Waals surface area contributed by atoms with Crippen LogP contribution in [0.25, 0.3) is 0 Å². The number of amides is 1. The molecule has 0 aromatic heterocycles. The summed E-state index contributed by atoms with van der Waals surface area (Å²) in [5.74, 6) is 0.00612. The average molecular weight is 365 g/mol. The highest BCUT2D eigenvalue weighted by molar-refractivity contribution is 5.71. The first-order valence-corrected chi connectivity index (χ1v) is 9.45. The number of ether oxygens (including phenoxy) is 2. The first-order chi connectivity index (χ1) is 13.2. The van der Waals surface area contributed by atoms with E-state index in [0.717, 1.165) is 17.5 Å². The van der Waals surface area contributed by atoms with Gasteiger partial charge in [-0.1, -0.05) is 60.7 Å². The number of hydrogen-bond donors (Lipinski definition) is 0. The zero-order valence-electron chi connectivity index (χ0n) is 15.1. The summed E-state index contributed by atoms with van der Waals surface area (Å²) in [5, 5.41) is 0. The van der Waals surface area contributed by atoms with Crippen molar-refractivity contribution in [1.29, 1.82) is 0 Å². The number of benzene rings is 2. The minimum atomic E-state index is -0.411. The maximum absolute atomic E-state index is 12.6. The summed E-state index contributed by atoms with van der Waals surface area (Å²) in [6.45, 7) is 1.36. The van der Waals surface area contributed by atoms with E-state index in [-0.39, 0.29) is 24.1 Å². The fraction of sp³-hybridized carbons (Fsp3) is 0.364. The fourth-order valence-electron chi connectivity index (χ4n) is 3.88. The average Bonchev–Trinajstić information content (AvgIpc) is 3.01. The minimum Gasteiger partial charge on any atom is -0.453 e. The van der Waals surface area contributed by atoms with Crippen molar-refractivity contribution in [2.24, 2.45) is 5.92 Å². The van der Waals surface area contributed by atoms with Crippen molar-refractivity contribution < 1.29 is 19.1 Å². The lowest BCUT2D eigenvalue weighted by molar-refractivity contribution is -0.148. The van der Waals surface area contributed by atoms with Crippen molar-refractivity contribution in [3.05, 3.63) is 71.8 Å². The van der Waals surface area contributed by atoms with Crippen LogP contribution in [0.2, 0.25) is 0 Å². The third-order valence-corrected chi connectivity index (χ3v) is 5.38. The molecule has 5 heteroatoms. The Morgan fingerprint density at radius 1 is 1.07 bits per heavy atom. The summed E-state index contributed by atoms with van der Waals surface area (Å²) in [6, 6.07) is 19.6. The normalized spacial score (nSPS) is 21.2. The molecule has 1 amide bonds. The topological polar surface area (TPSA) is 55.8 Å². The van der Waals surface area contributed by atoms with E-state index in [0.29, 0.717) is 25.9 Å². The van der Waals surface area contributed by atoms with Crippen LogP contribution in [-0.4, -0.2) is 36.2 Å². The fourth-order valence-corrected chi connectivity index (χ4v) is 3.88. The molecule has 2 fully saturated rings. The molecule has 2 bridgehead atoms. The molecule has 0 saturated carbocycles. The number of fused-ring (bicyclic) bond motifs is 2. The van der Waals surface area contributed by atoms with Gasteiger partial charge in [-0.3, -0.25) is 4.79 Å². The van der Waals surface area contributed by atoms with Gasteiger partial charge in [-0.05, 0) is 24.0 Å². The van der Waals surface area contributed by atoms with Crippen molar-refractivity contribution in [2.45, 2.75) is 31.5 Å². The third-order valence-electron chi connectivity index (χ3n) is 5.38. The lowest BCUT2D eigenvalue weighted by atomic mass is 9.90. The molecule has 27 heavy (non-hydrogen) atoms. The molecule has 0 N–H and O–H groups in total. The van der Waals surface area contributed by atoms with Gasteiger partial charge in [0.05, 0.1) is 6.54 Å². The van der Waals surface area contributed by atoms with Crippen LogP contribution in [0, 0.1) is 5.92 Å². The van der Waals surface area contributed by atoms with Crippen molar-refractivity contribution in [3.8, 4) is 0 Å². The molecule has 0 aliphatic carbocycles. The van der Waals surface area contributed by atoms with E-state index in [1.54, 1.807) is 4.90 Å². The molecule has 2 saturated heterocycles. The molecule has 2 aromatic rings. The van der Waals surface area contributed by atoms with E-state index in [9.17, 15) is 9.59 Å². The van der Waals surface area contributed by atoms with Gasteiger partial charge in [0.2, 0.25) is 0 Å². The molecule has 2 atom stereocenters. The summed E-state index contributed by atoms with van der Waals surface area (Å²) in [6.07, 6.45) is 1.17. The molecule has 0 spiro atoms. The standard InChI is InChI=1S/C22H23NO4/c24-20(12-11-16-13-14-23-15-19(16)26-22(23)25)27-21(17-7-3-1-4-8-17)18-9-5-2-6-10-18/h1-10,16,19,21H,11-15H2. The molecule has 2 unspecified atom stereocenters. The Bertz CT molecular complexity index is 753. The first kappa shape index (κ1) is 17.6. The highest BCUT2D eigenvalue weighted by Crippen LogP contribution is 2.31. The van der Waals surface area contributed by atoms with Gasteiger partial charge in [0.1, 0.15) is 6.10 Å². The monoisotopic (exact) mass is 365 g/mol. The molecular formula is C22H23NO4. The third kappa shape index (κ3) is 3.97. The van der Waals surface area contributed by atoms with E-state index in [2.05, 4.69) is 0 Å². The zero-order chi connectivity index (χ0) is 18.6. The van der Waals surface area contributed by atoms with Crippen molar-refractivity contribution in [1.82, 2.24) is 4.90 Å². The van der Waals surface area contributed by atoms with E-state index < -0.39 is 6.10 Å². The van der Waals surface area contributed by atoms with Crippen LogP contribution in [0.15, 0.2) is 60.7 Å². The van der Waals surface area contributed by atoms with Gasteiger partial charge in [0.25, 0.3) is 0 Å². The molecular weight excluding hydrogens is 342 g/mol. The number of rotatable bonds is 6. The van der Waals surface area contributed by atoms with Crippen molar-refractivity contribution >= 4 is 12.1 Å². The highest BCUT2D eigenvalue weighted by Gasteiger charge is 2.40. The Labute approximate surface area is 158 Å². The van der Waals surface area contributed by atoms with E-state index >= 15 is 0 Å². The first-order valence-electron chi connectivity index (χ1n) is 9.45. The van der Waals surface area contributed by atoms with Gasteiger partial charge >= 0.3 is 12.1 Å². The minimum absolute atomic E-state index is 0.0851. The van der Waals surface area contributed by atoms with Gasteiger partial charge in [-0.2, -0.15) is 0 Å². The van der Waals surface area contributed by atoms with Crippen LogP contribution < -0.4 is 0 Å². The zero-order valence-corrected chi connectivity index (χ0v) is 15.1. The van der Waals surface area contributed by atoms with Crippen molar-refractivity contribution in [2.75, 3.05) is 13.1 Å². The van der Waals surface area contributed by atoms with Crippen LogP contribution >= 0.6 is 0 Å². The Morgan fingerprint density at radius 3 is 2.33 bits per heavy atom. The molecule has 2 heterocycles. The summed E-state index contributed by atoms with van der Waals surface area (Å²) in [4.78, 5) is 25.9. The maximum atomic E-state index is 12.6. The van der Waals surface area contributed by atoms with Crippen LogP contribution in [0.3, 0.4) is 0 Å². The van der Waals surface area contributed by atoms with Gasteiger partial charge in [-0.15, -0.1) is 0 Å². The number of piperidine rings is 1. The summed E-state index contributed by atoms with van der Waals surface area (Å²) in [5.41, 5.74) is 1.91. The second kappa shape index (κ2) is 7.82. The van der Waals surface area contributed by atoms with E-state index in [1.807, 2.05) is 60.7 Å². The van der Waals surface area contributed by atoms with Crippen molar-refractivity contribution in [3.63, 3.8) is 0 Å². The Morgan fingerprint density at radius 2 is 1.70 bits per heavy atom. The summed E-state index contributed by atoms with van der Waals surface area (Å²) < 4.78 is 11.2. The van der Waals surface area contributed by atoms with E-state index in [4.69, 9.17) is 9.47 Å². The van der Waals surface area contributed by atoms with Gasteiger partial charge in [-0.25, -0.2) is 4.79 Å². The summed E-state index contributed by atoms with van der Waals surface area (Å²) >= 11 is 0. The van der Waals surface area contributed by atoms with Gasteiger partial charge in [0.15, 0.2) is 6.10 Å². The second-order valence-electron chi connectivity index (χ2n) is 7.15. The van der Waals surface area contributed by atoms with Gasteiger partial charge in [0, 0.05) is 18.9 Å². The molecule has 140 valence electrons. The van der Waals surface area contributed by atoms with Crippen LogP contribution in [-0.2, 0) is 14.3 Å². The number of hydrogen-bond acceptors (Lipinski definition) is 4. The van der Waals surface area contributed by atoms with Crippen LogP contribution in [0.5, 0.6) is 0 Å². The van der Waals surface area contributed by atoms with Crippen LogP contribution in [0.4, 0.5) is 4.79 Å². The largest absolute Gasteiger partial charge is 0.453 e. The lowest BCUT2D eigenvalue weighted by Crippen LogP contribution is -2.36. The molecule has 2 aliphatic rings. The summed E-state index contributed by atoms with van der Waals surface area (Å²) in [7, 11) is 0. The SMILES string of the molecule is O=C(CCC1CCN2CC1OC2=O)OC(c1ccccc1)c1ccccc1. The molecule has 2 aliphatic heterocycles. The Kier molecular flexibility index (Phi) is 5.10. The maximum Gasteiger partial charge on any atom is 0.410 e. The predicted molar refractivity (Wildman–Crippen MR) is 100 cm³/mol. The van der Waals surface area contributed by atoms with Gasteiger partial charge < -0.3 is 14.4 Å². The molecule has 4 rings (SSSR count). The van der Waals surface area contributed by atoms with E-state index in [1.165, 1.54) is 0 Å². The quantitative estimate of drug-likeness (QED) is 0.728. The number of carbonyl (C=O) groups is 2. The number of nitrogens with zero attached hydrogens (tertiary/aromatic N) is 1. The number of esters is 1. The smallest absolute Gasteiger partial charge is 0.410 e.